The monoisotopic (exact) mass is 202 g/mol. The molecule has 0 amide bonds. The lowest BCUT2D eigenvalue weighted by Gasteiger charge is -2.10. The lowest BCUT2D eigenvalue weighted by Crippen LogP contribution is -2.13. The standard InChI is InChI=1S/C12H11FN2/c13-10-5-3-4-9(8-10)12(14)11-6-1-2-7-15-11/h1-8,12H,14H2/t12-/m1/s1. The van der Waals surface area contributed by atoms with Gasteiger partial charge in [-0.3, -0.25) is 4.98 Å². The Balaban J connectivity index is 2.32. The van der Waals surface area contributed by atoms with Gasteiger partial charge in [-0.2, -0.15) is 0 Å². The van der Waals surface area contributed by atoms with Crippen LogP contribution in [0.4, 0.5) is 4.39 Å². The first-order valence-electron chi connectivity index (χ1n) is 4.69. The maximum atomic E-state index is 13.0. The van der Waals surface area contributed by atoms with Gasteiger partial charge in [-0.1, -0.05) is 18.2 Å². The second-order valence-electron chi connectivity index (χ2n) is 3.29. The largest absolute Gasteiger partial charge is 0.319 e. The van der Waals surface area contributed by atoms with Gasteiger partial charge in [-0.25, -0.2) is 4.39 Å². The van der Waals surface area contributed by atoms with Crippen molar-refractivity contribution in [1.29, 1.82) is 0 Å². The summed E-state index contributed by atoms with van der Waals surface area (Å²) >= 11 is 0. The lowest BCUT2D eigenvalue weighted by atomic mass is 10.0. The van der Waals surface area contributed by atoms with Crippen LogP contribution in [0.25, 0.3) is 0 Å². The third-order valence-corrected chi connectivity index (χ3v) is 2.21. The van der Waals surface area contributed by atoms with E-state index in [9.17, 15) is 4.39 Å². The number of hydrogen-bond donors (Lipinski definition) is 1. The molecule has 0 spiro atoms. The van der Waals surface area contributed by atoms with Crippen LogP contribution in [0.3, 0.4) is 0 Å². The molecule has 15 heavy (non-hydrogen) atoms. The molecule has 1 aromatic heterocycles. The zero-order valence-corrected chi connectivity index (χ0v) is 8.10. The molecule has 0 aliphatic heterocycles. The maximum Gasteiger partial charge on any atom is 0.123 e. The normalized spacial score (nSPS) is 12.4. The molecular formula is C12H11FN2. The van der Waals surface area contributed by atoms with Crippen LogP contribution in [-0.2, 0) is 0 Å². The third kappa shape index (κ3) is 2.19. The Bertz CT molecular complexity index is 442. The van der Waals surface area contributed by atoms with E-state index in [0.29, 0.717) is 0 Å². The quantitative estimate of drug-likeness (QED) is 0.811. The summed E-state index contributed by atoms with van der Waals surface area (Å²) in [7, 11) is 0. The average molecular weight is 202 g/mol. The predicted octanol–water partition coefficient (Wildman–Crippen LogP) is 2.27. The highest BCUT2D eigenvalue weighted by Gasteiger charge is 2.09. The van der Waals surface area contributed by atoms with E-state index >= 15 is 0 Å². The van der Waals surface area contributed by atoms with E-state index in [2.05, 4.69) is 4.98 Å². The number of aromatic nitrogens is 1. The van der Waals surface area contributed by atoms with Crippen LogP contribution in [0, 0.1) is 5.82 Å². The molecule has 2 rings (SSSR count). The molecule has 76 valence electrons. The summed E-state index contributed by atoms with van der Waals surface area (Å²) in [6, 6.07) is 11.4. The van der Waals surface area contributed by atoms with Crippen LogP contribution < -0.4 is 5.73 Å². The molecule has 0 radical (unpaired) electrons. The van der Waals surface area contributed by atoms with Crippen molar-refractivity contribution < 1.29 is 4.39 Å². The van der Waals surface area contributed by atoms with Crippen molar-refractivity contribution in [2.45, 2.75) is 6.04 Å². The topological polar surface area (TPSA) is 38.9 Å². The molecule has 0 unspecified atom stereocenters. The van der Waals surface area contributed by atoms with Gasteiger partial charge in [0.25, 0.3) is 0 Å². The molecule has 1 heterocycles. The number of hydrogen-bond acceptors (Lipinski definition) is 2. The number of rotatable bonds is 2. The first-order chi connectivity index (χ1) is 7.27. The van der Waals surface area contributed by atoms with Crippen LogP contribution in [0.15, 0.2) is 48.7 Å². The minimum atomic E-state index is -0.373. The van der Waals surface area contributed by atoms with Crippen molar-refractivity contribution in [3.63, 3.8) is 0 Å². The fraction of sp³-hybridized carbons (Fsp3) is 0.0833. The number of halogens is 1. The molecule has 1 atom stereocenters. The SMILES string of the molecule is N[C@H](c1cccc(F)c1)c1ccccn1. The molecule has 1 aromatic carbocycles. The summed E-state index contributed by atoms with van der Waals surface area (Å²) in [6.45, 7) is 0. The molecule has 2 N–H and O–H groups in total. The van der Waals surface area contributed by atoms with E-state index < -0.39 is 0 Å². The Kier molecular flexibility index (Phi) is 2.74. The minimum absolute atomic E-state index is 0.279. The van der Waals surface area contributed by atoms with Crippen molar-refractivity contribution >= 4 is 0 Å². The fourth-order valence-corrected chi connectivity index (χ4v) is 1.43. The van der Waals surface area contributed by atoms with Crippen molar-refractivity contribution in [3.05, 3.63) is 65.7 Å². The number of nitrogens with two attached hydrogens (primary N) is 1. The third-order valence-electron chi connectivity index (χ3n) is 2.21. The molecule has 0 saturated heterocycles. The molecule has 2 nitrogen and oxygen atoms in total. The van der Waals surface area contributed by atoms with Crippen LogP contribution in [0.1, 0.15) is 17.3 Å². The van der Waals surface area contributed by atoms with E-state index in [0.717, 1.165) is 11.3 Å². The van der Waals surface area contributed by atoms with E-state index in [1.54, 1.807) is 18.3 Å². The van der Waals surface area contributed by atoms with E-state index in [1.165, 1.54) is 12.1 Å². The van der Waals surface area contributed by atoms with Gasteiger partial charge < -0.3 is 5.73 Å². The number of nitrogens with zero attached hydrogens (tertiary/aromatic N) is 1. The first-order valence-corrected chi connectivity index (χ1v) is 4.69. The first kappa shape index (κ1) is 9.80. The van der Waals surface area contributed by atoms with Gasteiger partial charge in [0, 0.05) is 6.20 Å². The molecule has 0 aliphatic carbocycles. The summed E-state index contributed by atoms with van der Waals surface area (Å²) in [5.41, 5.74) is 7.43. The summed E-state index contributed by atoms with van der Waals surface area (Å²) in [4.78, 5) is 4.14. The van der Waals surface area contributed by atoms with E-state index in [4.69, 9.17) is 5.73 Å². The van der Waals surface area contributed by atoms with Gasteiger partial charge in [0.2, 0.25) is 0 Å². The van der Waals surface area contributed by atoms with Crippen LogP contribution >= 0.6 is 0 Å². The Morgan fingerprint density at radius 3 is 2.67 bits per heavy atom. The van der Waals surface area contributed by atoms with Crippen molar-refractivity contribution in [2.24, 2.45) is 5.73 Å². The Morgan fingerprint density at radius 2 is 2.00 bits per heavy atom. The van der Waals surface area contributed by atoms with Crippen LogP contribution in [-0.4, -0.2) is 4.98 Å². The molecule has 0 saturated carbocycles. The smallest absolute Gasteiger partial charge is 0.123 e. The maximum absolute atomic E-state index is 13.0. The fourth-order valence-electron chi connectivity index (χ4n) is 1.43. The van der Waals surface area contributed by atoms with Crippen molar-refractivity contribution in [2.75, 3.05) is 0 Å². The highest BCUT2D eigenvalue weighted by atomic mass is 19.1. The van der Waals surface area contributed by atoms with Crippen LogP contribution in [0.5, 0.6) is 0 Å². The predicted molar refractivity (Wildman–Crippen MR) is 56.7 cm³/mol. The van der Waals surface area contributed by atoms with E-state index in [-0.39, 0.29) is 11.9 Å². The molecular weight excluding hydrogens is 191 g/mol. The molecule has 0 fully saturated rings. The summed E-state index contributed by atoms with van der Waals surface area (Å²) < 4.78 is 13.0. The summed E-state index contributed by atoms with van der Waals surface area (Å²) in [5, 5.41) is 0. The second-order valence-corrected chi connectivity index (χ2v) is 3.29. The van der Waals surface area contributed by atoms with Gasteiger partial charge in [-0.05, 0) is 29.8 Å². The van der Waals surface area contributed by atoms with Gasteiger partial charge in [0.1, 0.15) is 5.82 Å². The highest BCUT2D eigenvalue weighted by Crippen LogP contribution is 2.17. The molecule has 0 bridgehead atoms. The number of benzene rings is 1. The Labute approximate surface area is 87.6 Å². The molecule has 0 aliphatic rings. The van der Waals surface area contributed by atoms with Crippen molar-refractivity contribution in [1.82, 2.24) is 4.98 Å². The van der Waals surface area contributed by atoms with Gasteiger partial charge >= 0.3 is 0 Å². The van der Waals surface area contributed by atoms with Gasteiger partial charge in [0.05, 0.1) is 11.7 Å². The Hall–Kier alpha value is -1.74. The van der Waals surface area contributed by atoms with Gasteiger partial charge in [-0.15, -0.1) is 0 Å². The molecule has 2 aromatic rings. The Morgan fingerprint density at radius 1 is 1.13 bits per heavy atom. The second kappa shape index (κ2) is 4.19. The lowest BCUT2D eigenvalue weighted by molar-refractivity contribution is 0.623. The van der Waals surface area contributed by atoms with Crippen molar-refractivity contribution in [3.8, 4) is 0 Å². The van der Waals surface area contributed by atoms with Gasteiger partial charge in [0.15, 0.2) is 0 Å². The number of pyridine rings is 1. The zero-order chi connectivity index (χ0) is 10.7. The summed E-state index contributed by atoms with van der Waals surface area (Å²) in [5.74, 6) is -0.279. The minimum Gasteiger partial charge on any atom is -0.319 e. The van der Waals surface area contributed by atoms with E-state index in [1.807, 2.05) is 18.2 Å². The average Bonchev–Trinajstić information content (AvgIpc) is 2.29. The van der Waals surface area contributed by atoms with Crippen LogP contribution in [0.2, 0.25) is 0 Å². The summed E-state index contributed by atoms with van der Waals surface area (Å²) in [6.07, 6.45) is 1.68. The highest BCUT2D eigenvalue weighted by molar-refractivity contribution is 5.27. The molecule has 3 heteroatoms. The zero-order valence-electron chi connectivity index (χ0n) is 8.10.